The molecule has 6 heteroatoms. The van der Waals surface area contributed by atoms with Gasteiger partial charge in [-0.2, -0.15) is 0 Å². The number of esters is 1. The molecule has 0 aliphatic heterocycles. The number of benzene rings is 1. The van der Waals surface area contributed by atoms with Crippen LogP contribution in [0.2, 0.25) is 0 Å². The van der Waals surface area contributed by atoms with Crippen LogP contribution in [0.5, 0.6) is 0 Å². The molecule has 1 atom stereocenters. The molecule has 6 nitrogen and oxygen atoms in total. The molecule has 0 aromatic heterocycles. The Labute approximate surface area is 147 Å². The van der Waals surface area contributed by atoms with E-state index >= 15 is 0 Å². The lowest BCUT2D eigenvalue weighted by molar-refractivity contribution is -0.384. The number of nitro groups is 1. The summed E-state index contributed by atoms with van der Waals surface area (Å²) in [6.45, 7) is 4.01. The van der Waals surface area contributed by atoms with Crippen LogP contribution in [0.3, 0.4) is 0 Å². The first-order valence-electron chi connectivity index (χ1n) is 8.85. The Morgan fingerprint density at radius 3 is 2.32 bits per heavy atom. The van der Waals surface area contributed by atoms with E-state index in [2.05, 4.69) is 0 Å². The van der Waals surface area contributed by atoms with Crippen molar-refractivity contribution < 1.29 is 19.2 Å². The van der Waals surface area contributed by atoms with Crippen LogP contribution in [-0.4, -0.2) is 22.8 Å². The zero-order chi connectivity index (χ0) is 18.4. The lowest BCUT2D eigenvalue weighted by Gasteiger charge is -2.20. The van der Waals surface area contributed by atoms with Crippen molar-refractivity contribution in [1.82, 2.24) is 0 Å². The maximum absolute atomic E-state index is 12.5. The fourth-order valence-electron chi connectivity index (χ4n) is 3.21. The van der Waals surface area contributed by atoms with Crippen molar-refractivity contribution in [3.05, 3.63) is 39.9 Å². The average Bonchev–Trinajstić information content (AvgIpc) is 3.06. The van der Waals surface area contributed by atoms with Gasteiger partial charge < -0.3 is 4.74 Å². The van der Waals surface area contributed by atoms with Crippen molar-refractivity contribution in [3.8, 4) is 0 Å². The molecule has 0 amide bonds. The van der Waals surface area contributed by atoms with Crippen molar-refractivity contribution in [2.24, 2.45) is 11.8 Å². The second-order valence-corrected chi connectivity index (χ2v) is 7.10. The Hall–Kier alpha value is -2.24. The summed E-state index contributed by atoms with van der Waals surface area (Å²) >= 11 is 0. The van der Waals surface area contributed by atoms with E-state index in [0.29, 0.717) is 12.0 Å². The van der Waals surface area contributed by atoms with Gasteiger partial charge in [0, 0.05) is 24.1 Å². The fraction of sp³-hybridized carbons (Fsp3) is 0.579. The molecule has 0 spiro atoms. The highest BCUT2D eigenvalue weighted by molar-refractivity contribution is 5.98. The summed E-state index contributed by atoms with van der Waals surface area (Å²) in [6.07, 6.45) is 4.60. The molecule has 0 bridgehead atoms. The Morgan fingerprint density at radius 1 is 1.20 bits per heavy atom. The average molecular weight is 347 g/mol. The van der Waals surface area contributed by atoms with Crippen LogP contribution in [-0.2, 0) is 9.53 Å². The van der Waals surface area contributed by atoms with Gasteiger partial charge in [0.1, 0.15) is 6.10 Å². The largest absolute Gasteiger partial charge is 0.462 e. The van der Waals surface area contributed by atoms with E-state index in [1.54, 1.807) is 0 Å². The second kappa shape index (κ2) is 8.74. The molecule has 136 valence electrons. The first-order chi connectivity index (χ1) is 11.9. The highest BCUT2D eigenvalue weighted by atomic mass is 16.6. The molecule has 1 aliphatic rings. The van der Waals surface area contributed by atoms with Gasteiger partial charge in [-0.3, -0.25) is 19.7 Å². The number of hydrogen-bond acceptors (Lipinski definition) is 5. The van der Waals surface area contributed by atoms with Crippen LogP contribution in [0.15, 0.2) is 24.3 Å². The molecule has 1 fully saturated rings. The van der Waals surface area contributed by atoms with Gasteiger partial charge in [0.2, 0.25) is 0 Å². The third-order valence-electron chi connectivity index (χ3n) is 4.51. The first kappa shape index (κ1) is 19.1. The van der Waals surface area contributed by atoms with Crippen molar-refractivity contribution >= 4 is 17.4 Å². The van der Waals surface area contributed by atoms with Gasteiger partial charge in [0.15, 0.2) is 5.78 Å². The number of Topliss-reactive ketones (excluding diaryl/α,β-unsaturated/α-hetero) is 1. The molecule has 1 aromatic rings. The summed E-state index contributed by atoms with van der Waals surface area (Å²) in [6, 6.07) is 5.49. The van der Waals surface area contributed by atoms with E-state index in [1.807, 2.05) is 13.8 Å². The van der Waals surface area contributed by atoms with E-state index in [4.69, 9.17) is 4.74 Å². The van der Waals surface area contributed by atoms with E-state index < -0.39 is 10.8 Å². The van der Waals surface area contributed by atoms with Crippen LogP contribution < -0.4 is 0 Å². The number of rotatable bonds is 8. The Bertz CT molecular complexity index is 617. The van der Waals surface area contributed by atoms with Gasteiger partial charge >= 0.3 is 5.97 Å². The van der Waals surface area contributed by atoms with Gasteiger partial charge in [-0.1, -0.05) is 13.8 Å². The van der Waals surface area contributed by atoms with Crippen molar-refractivity contribution in [2.75, 3.05) is 0 Å². The molecule has 1 aromatic carbocycles. The molecular formula is C19H25NO5. The molecule has 0 saturated heterocycles. The molecule has 0 unspecified atom stereocenters. The van der Waals surface area contributed by atoms with E-state index in [1.165, 1.54) is 24.3 Å². The summed E-state index contributed by atoms with van der Waals surface area (Å²) in [5, 5.41) is 10.7. The lowest BCUT2D eigenvalue weighted by atomic mass is 9.90. The number of nitro benzene ring substituents is 1. The number of ketones is 1. The van der Waals surface area contributed by atoms with Crippen molar-refractivity contribution in [3.63, 3.8) is 0 Å². The monoisotopic (exact) mass is 347 g/mol. The Morgan fingerprint density at radius 2 is 1.80 bits per heavy atom. The van der Waals surface area contributed by atoms with Crippen molar-refractivity contribution in [1.29, 1.82) is 0 Å². The number of carbonyl (C=O) groups is 2. The number of nitrogens with zero attached hydrogens (tertiary/aromatic N) is 1. The minimum absolute atomic E-state index is 0.0170. The first-order valence-corrected chi connectivity index (χ1v) is 8.85. The number of carbonyl (C=O) groups excluding carboxylic acids is 2. The Balaban J connectivity index is 2.02. The SMILES string of the molecule is CC(C)C[C@H](CC(=O)c1ccc([N+](=O)[O-])cc1)C(=O)OC1CCCC1. The van der Waals surface area contributed by atoms with Gasteiger partial charge in [-0.25, -0.2) is 0 Å². The predicted octanol–water partition coefficient (Wildman–Crippen LogP) is 4.32. The third kappa shape index (κ3) is 5.66. The molecule has 0 heterocycles. The topological polar surface area (TPSA) is 86.5 Å². The second-order valence-electron chi connectivity index (χ2n) is 7.10. The zero-order valence-corrected chi connectivity index (χ0v) is 14.8. The summed E-state index contributed by atoms with van der Waals surface area (Å²) in [5.74, 6) is -0.686. The molecule has 2 rings (SSSR count). The van der Waals surface area contributed by atoms with Crippen LogP contribution in [0, 0.1) is 22.0 Å². The lowest BCUT2D eigenvalue weighted by Crippen LogP contribution is -2.26. The van der Waals surface area contributed by atoms with Gasteiger partial charge in [-0.05, 0) is 50.2 Å². The summed E-state index contributed by atoms with van der Waals surface area (Å²) in [4.78, 5) is 35.2. The smallest absolute Gasteiger partial charge is 0.309 e. The van der Waals surface area contributed by atoms with Crippen LogP contribution in [0.25, 0.3) is 0 Å². The predicted molar refractivity (Wildman–Crippen MR) is 93.3 cm³/mol. The fourth-order valence-corrected chi connectivity index (χ4v) is 3.21. The summed E-state index contributed by atoms with van der Waals surface area (Å²) < 4.78 is 5.58. The van der Waals surface area contributed by atoms with Gasteiger partial charge in [-0.15, -0.1) is 0 Å². The number of non-ortho nitro benzene ring substituents is 1. The standard InChI is InChI=1S/C19H25NO5/c1-13(2)11-15(19(22)25-17-5-3-4-6-17)12-18(21)14-7-9-16(10-8-14)20(23)24/h7-10,13,15,17H,3-6,11-12H2,1-2H3/t15-/m1/s1. The summed E-state index contributed by atoms with van der Waals surface area (Å²) in [7, 11) is 0. The quantitative estimate of drug-likeness (QED) is 0.302. The Kier molecular flexibility index (Phi) is 6.67. The van der Waals surface area contributed by atoms with Crippen LogP contribution in [0.4, 0.5) is 5.69 Å². The zero-order valence-electron chi connectivity index (χ0n) is 14.8. The molecule has 1 saturated carbocycles. The normalized spacial score (nSPS) is 16.0. The maximum atomic E-state index is 12.5. The molecule has 0 N–H and O–H groups in total. The molecular weight excluding hydrogens is 322 g/mol. The van der Waals surface area contributed by atoms with Gasteiger partial charge in [0.25, 0.3) is 5.69 Å². The molecule has 0 radical (unpaired) electrons. The van der Waals surface area contributed by atoms with Gasteiger partial charge in [0.05, 0.1) is 10.8 Å². The highest BCUT2D eigenvalue weighted by Gasteiger charge is 2.28. The minimum Gasteiger partial charge on any atom is -0.462 e. The molecule has 25 heavy (non-hydrogen) atoms. The van der Waals surface area contributed by atoms with E-state index in [9.17, 15) is 19.7 Å². The number of ether oxygens (including phenoxy) is 1. The molecule has 1 aliphatic carbocycles. The van der Waals surface area contributed by atoms with E-state index in [0.717, 1.165) is 25.7 Å². The van der Waals surface area contributed by atoms with E-state index in [-0.39, 0.29) is 35.9 Å². The maximum Gasteiger partial charge on any atom is 0.309 e. The highest BCUT2D eigenvalue weighted by Crippen LogP contribution is 2.26. The van der Waals surface area contributed by atoms with Crippen LogP contribution >= 0.6 is 0 Å². The van der Waals surface area contributed by atoms with Crippen molar-refractivity contribution in [2.45, 2.75) is 58.5 Å². The summed E-state index contributed by atoms with van der Waals surface area (Å²) in [5.41, 5.74) is 0.323. The number of hydrogen-bond donors (Lipinski definition) is 0. The minimum atomic E-state index is -0.505. The third-order valence-corrected chi connectivity index (χ3v) is 4.51. The van der Waals surface area contributed by atoms with Crippen LogP contribution in [0.1, 0.15) is 62.7 Å².